The van der Waals surface area contributed by atoms with E-state index in [-0.39, 0.29) is 17.0 Å². The molecule has 3 unspecified atom stereocenters. The summed E-state index contributed by atoms with van der Waals surface area (Å²) in [6.07, 6.45) is -3.24. The first-order valence-electron chi connectivity index (χ1n) is 12.2. The molecular weight excluding hydrogens is 535 g/mol. The van der Waals surface area contributed by atoms with E-state index in [4.69, 9.17) is 4.74 Å². The number of thiophene rings is 1. The molecule has 2 heterocycles. The molecule has 2 aliphatic rings. The van der Waals surface area contributed by atoms with Gasteiger partial charge in [0.1, 0.15) is 5.75 Å². The molecule has 3 atom stereocenters. The Labute approximate surface area is 223 Å². The van der Waals surface area contributed by atoms with Gasteiger partial charge in [0.05, 0.1) is 45.9 Å². The molecule has 1 aromatic heterocycles. The fourth-order valence-corrected chi connectivity index (χ4v) is 7.03. The van der Waals surface area contributed by atoms with Crippen molar-refractivity contribution >= 4 is 42.6 Å². The zero-order valence-electron chi connectivity index (χ0n) is 20.9. The molecule has 6 nitrogen and oxygen atoms in total. The largest absolute Gasteiger partial charge is 0.495 e. The van der Waals surface area contributed by atoms with Gasteiger partial charge in [0, 0.05) is 24.9 Å². The molecule has 3 N–H and O–H groups in total. The topological polar surface area (TPSA) is 79.5 Å². The first kappa shape index (κ1) is 26.7. The number of hydrogen-bond donors (Lipinski definition) is 3. The molecule has 0 radical (unpaired) electrons. The van der Waals surface area contributed by atoms with Crippen molar-refractivity contribution in [3.05, 3.63) is 46.8 Å². The molecule has 5 rings (SSSR count). The van der Waals surface area contributed by atoms with Gasteiger partial charge in [0.2, 0.25) is 0 Å². The summed E-state index contributed by atoms with van der Waals surface area (Å²) in [5.74, 6) is 7.43. The van der Waals surface area contributed by atoms with Crippen LogP contribution in [-0.2, 0) is 16.3 Å². The maximum atomic E-state index is 13.5. The Bertz CT molecular complexity index is 1520. The van der Waals surface area contributed by atoms with Crippen molar-refractivity contribution in [3.8, 4) is 17.6 Å². The molecule has 3 aromatic rings. The van der Waals surface area contributed by atoms with E-state index in [0.717, 1.165) is 36.2 Å². The quantitative estimate of drug-likeness (QED) is 0.355. The molecule has 1 saturated heterocycles. The number of methoxy groups -OCH3 is 1. The molecule has 0 amide bonds. The maximum Gasteiger partial charge on any atom is 0.393 e. The highest BCUT2D eigenvalue weighted by molar-refractivity contribution is 7.90. The average Bonchev–Trinajstić information content (AvgIpc) is 3.39. The van der Waals surface area contributed by atoms with Gasteiger partial charge in [-0.1, -0.05) is 24.0 Å². The van der Waals surface area contributed by atoms with Crippen LogP contribution < -0.4 is 20.7 Å². The van der Waals surface area contributed by atoms with Gasteiger partial charge in [0.25, 0.3) is 0 Å². The summed E-state index contributed by atoms with van der Waals surface area (Å²) < 4.78 is 70.2. The molecule has 202 valence electrons. The smallest absolute Gasteiger partial charge is 0.393 e. The number of benzene rings is 2. The molecule has 2 fully saturated rings. The first-order chi connectivity index (χ1) is 18.0. The van der Waals surface area contributed by atoms with Gasteiger partial charge in [-0.2, -0.15) is 13.2 Å². The molecule has 11 heteroatoms. The van der Waals surface area contributed by atoms with Gasteiger partial charge >= 0.3 is 6.18 Å². The van der Waals surface area contributed by atoms with E-state index in [2.05, 4.69) is 27.8 Å². The number of rotatable bonds is 7. The van der Waals surface area contributed by atoms with E-state index in [1.807, 2.05) is 6.07 Å². The number of nitrogens with one attached hydrogen (secondary N) is 3. The Morgan fingerprint density at radius 2 is 2.00 bits per heavy atom. The van der Waals surface area contributed by atoms with Crippen molar-refractivity contribution in [1.82, 2.24) is 5.32 Å². The van der Waals surface area contributed by atoms with Crippen molar-refractivity contribution in [3.63, 3.8) is 0 Å². The van der Waals surface area contributed by atoms with Crippen molar-refractivity contribution < 1.29 is 26.3 Å². The SMILES string of the molecule is COc1cc(S(C)(=O)=O)ccc1NCC#Cc1sc2c(NC3CC4CNCC43)cccc2c1CC(F)(F)F. The van der Waals surface area contributed by atoms with Gasteiger partial charge < -0.3 is 20.7 Å². The van der Waals surface area contributed by atoms with Crippen LogP contribution in [0, 0.1) is 23.7 Å². The fraction of sp³-hybridized carbons (Fsp3) is 0.407. The average molecular weight is 564 g/mol. The Hall–Kier alpha value is -2.94. The van der Waals surface area contributed by atoms with Crippen LogP contribution in [0.2, 0.25) is 0 Å². The highest BCUT2D eigenvalue weighted by atomic mass is 32.2. The molecule has 0 bridgehead atoms. The number of sulfone groups is 1. The minimum atomic E-state index is -4.36. The third-order valence-electron chi connectivity index (χ3n) is 7.17. The number of halogens is 3. The van der Waals surface area contributed by atoms with Crippen molar-refractivity contribution in [2.24, 2.45) is 11.8 Å². The number of anilines is 2. The number of alkyl halides is 3. The van der Waals surface area contributed by atoms with Crippen LogP contribution in [0.15, 0.2) is 41.3 Å². The predicted molar refractivity (Wildman–Crippen MR) is 145 cm³/mol. The van der Waals surface area contributed by atoms with E-state index in [1.165, 1.54) is 30.6 Å². The van der Waals surface area contributed by atoms with Crippen LogP contribution in [0.1, 0.15) is 16.9 Å². The lowest BCUT2D eigenvalue weighted by Gasteiger charge is -2.40. The van der Waals surface area contributed by atoms with Crippen LogP contribution >= 0.6 is 11.3 Å². The van der Waals surface area contributed by atoms with E-state index >= 15 is 0 Å². The van der Waals surface area contributed by atoms with Gasteiger partial charge in [-0.05, 0) is 54.0 Å². The van der Waals surface area contributed by atoms with Gasteiger partial charge in [0.15, 0.2) is 9.84 Å². The van der Waals surface area contributed by atoms with Crippen LogP contribution in [0.25, 0.3) is 10.1 Å². The molecule has 0 spiro atoms. The Morgan fingerprint density at radius 1 is 1.18 bits per heavy atom. The first-order valence-corrected chi connectivity index (χ1v) is 14.9. The van der Waals surface area contributed by atoms with Crippen molar-refractivity contribution in [2.75, 3.05) is 43.6 Å². The minimum Gasteiger partial charge on any atom is -0.495 e. The highest BCUT2D eigenvalue weighted by Gasteiger charge is 2.44. The second kappa shape index (κ2) is 10.3. The summed E-state index contributed by atoms with van der Waals surface area (Å²) in [6.45, 7) is 2.13. The van der Waals surface area contributed by atoms with E-state index in [9.17, 15) is 21.6 Å². The lowest BCUT2D eigenvalue weighted by Crippen LogP contribution is -2.45. The number of fused-ring (bicyclic) bond motifs is 2. The zero-order valence-corrected chi connectivity index (χ0v) is 22.5. The zero-order chi connectivity index (χ0) is 27.1. The number of ether oxygens (including phenoxy) is 1. The van der Waals surface area contributed by atoms with Crippen LogP contribution in [-0.4, -0.2) is 53.6 Å². The highest BCUT2D eigenvalue weighted by Crippen LogP contribution is 2.43. The lowest BCUT2D eigenvalue weighted by atomic mass is 9.71. The van der Waals surface area contributed by atoms with E-state index in [1.54, 1.807) is 18.2 Å². The predicted octanol–water partition coefficient (Wildman–Crippen LogP) is 4.90. The van der Waals surface area contributed by atoms with E-state index < -0.39 is 22.4 Å². The third kappa shape index (κ3) is 5.58. The maximum absolute atomic E-state index is 13.5. The standard InChI is InChI=1S/C27H28F3N3O3S2/c1-36-24-12-17(38(2,34)35)8-9-21(24)32-10-4-7-25-19(13-27(28,29)30)18-5-3-6-22(26(18)37-25)33-23-11-16-14-31-15-20(16)23/h3,5-6,8-9,12,16,20,23,31-33H,10-11,13-15H2,1-2H3. The summed E-state index contributed by atoms with van der Waals surface area (Å²) in [4.78, 5) is 0.515. The molecule has 2 aromatic carbocycles. The summed E-state index contributed by atoms with van der Waals surface area (Å²) in [5, 5.41) is 10.6. The van der Waals surface area contributed by atoms with Crippen LogP contribution in [0.3, 0.4) is 0 Å². The van der Waals surface area contributed by atoms with Crippen molar-refractivity contribution in [2.45, 2.75) is 30.0 Å². The van der Waals surface area contributed by atoms with E-state index in [0.29, 0.717) is 39.6 Å². The second-order valence-corrected chi connectivity index (χ2v) is 12.8. The lowest BCUT2D eigenvalue weighted by molar-refractivity contribution is -0.126. The Kier molecular flexibility index (Phi) is 7.24. The fourth-order valence-electron chi connectivity index (χ4n) is 5.23. The summed E-state index contributed by atoms with van der Waals surface area (Å²) >= 11 is 1.28. The molecule has 1 saturated carbocycles. The van der Waals surface area contributed by atoms with Crippen LogP contribution in [0.5, 0.6) is 5.75 Å². The number of hydrogen-bond acceptors (Lipinski definition) is 7. The normalized spacial score (nSPS) is 20.8. The third-order valence-corrected chi connectivity index (χ3v) is 9.48. The summed E-state index contributed by atoms with van der Waals surface area (Å²) in [7, 11) is -1.97. The molecular formula is C27H28F3N3O3S2. The molecule has 1 aliphatic heterocycles. The summed E-state index contributed by atoms with van der Waals surface area (Å²) in [5.41, 5.74) is 1.58. The Balaban J connectivity index is 1.39. The van der Waals surface area contributed by atoms with Crippen molar-refractivity contribution in [1.29, 1.82) is 0 Å². The van der Waals surface area contributed by atoms with Gasteiger partial charge in [-0.15, -0.1) is 11.3 Å². The molecule has 1 aliphatic carbocycles. The molecule has 38 heavy (non-hydrogen) atoms. The van der Waals surface area contributed by atoms with Crippen LogP contribution in [0.4, 0.5) is 24.5 Å². The summed E-state index contributed by atoms with van der Waals surface area (Å²) in [6, 6.07) is 10.2. The minimum absolute atomic E-state index is 0.124. The van der Waals surface area contributed by atoms with Gasteiger partial charge in [-0.3, -0.25) is 0 Å². The van der Waals surface area contributed by atoms with Gasteiger partial charge in [-0.25, -0.2) is 8.42 Å². The monoisotopic (exact) mass is 563 g/mol. The second-order valence-electron chi connectivity index (χ2n) is 9.74. The Morgan fingerprint density at radius 3 is 2.71 bits per heavy atom.